The molecule has 0 aromatic heterocycles. The molecule has 0 radical (unpaired) electrons. The Bertz CT molecular complexity index is 216. The van der Waals surface area contributed by atoms with Gasteiger partial charge >= 0.3 is 48.9 Å². The van der Waals surface area contributed by atoms with E-state index in [9.17, 15) is 0 Å². The molecule has 0 saturated carbocycles. The Morgan fingerprint density at radius 3 is 3.09 bits per heavy atom. The maximum absolute atomic E-state index is 3.32. The van der Waals surface area contributed by atoms with Crippen molar-refractivity contribution in [3.05, 3.63) is 36.1 Å². The fourth-order valence-corrected chi connectivity index (χ4v) is 1.45. The Kier molecular flexibility index (Phi) is 4.03. The second-order valence-electron chi connectivity index (χ2n) is 2.73. The molecule has 0 spiro atoms. The Labute approximate surface area is 108 Å². The summed E-state index contributed by atoms with van der Waals surface area (Å²) in [6.07, 6.45) is 13.1. The molecule has 0 aromatic carbocycles. The third-order valence-electron chi connectivity index (χ3n) is 2.04. The number of hydrogen-bond donors (Lipinski definition) is 1. The van der Waals surface area contributed by atoms with E-state index in [-0.39, 0.29) is 48.9 Å². The summed E-state index contributed by atoms with van der Waals surface area (Å²) in [5, 5.41) is 3.32. The molecule has 2 aliphatic rings. The number of fused-ring (bicyclic) bond motifs is 1. The van der Waals surface area contributed by atoms with Crippen LogP contribution in [0.25, 0.3) is 0 Å². The molecule has 0 saturated heterocycles. The van der Waals surface area contributed by atoms with E-state index in [1.807, 2.05) is 6.20 Å². The molecule has 1 atom stereocenters. The zero-order chi connectivity index (χ0) is 6.81. The first kappa shape index (κ1) is 9.68. The van der Waals surface area contributed by atoms with Gasteiger partial charge in [-0.3, -0.25) is 0 Å². The van der Waals surface area contributed by atoms with E-state index in [2.05, 4.69) is 29.6 Å². The molecule has 0 aromatic rings. The molecule has 1 nitrogen and oxygen atoms in total. The zero-order valence-corrected chi connectivity index (χ0v) is 5.88. The van der Waals surface area contributed by atoms with Crippen LogP contribution in [0.2, 0.25) is 0 Å². The first-order valence-corrected chi connectivity index (χ1v) is 3.73. The Morgan fingerprint density at radius 1 is 1.36 bits per heavy atom. The van der Waals surface area contributed by atoms with Crippen LogP contribution in [0.1, 0.15) is 12.8 Å². The van der Waals surface area contributed by atoms with Crippen LogP contribution in [-0.4, -0.2) is 54.9 Å². The van der Waals surface area contributed by atoms with Gasteiger partial charge in [0.2, 0.25) is 0 Å². The van der Waals surface area contributed by atoms with Gasteiger partial charge in [0.05, 0.1) is 6.04 Å². The summed E-state index contributed by atoms with van der Waals surface area (Å²) in [6.45, 7) is 0. The minimum atomic E-state index is 0. The van der Waals surface area contributed by atoms with Gasteiger partial charge in [-0.05, 0) is 30.7 Å². The van der Waals surface area contributed by atoms with Crippen molar-refractivity contribution in [2.45, 2.75) is 18.9 Å². The van der Waals surface area contributed by atoms with Crippen LogP contribution in [0.4, 0.5) is 0 Å². The van der Waals surface area contributed by atoms with Gasteiger partial charge in [0.1, 0.15) is 0 Å². The van der Waals surface area contributed by atoms with Gasteiger partial charge in [0.25, 0.3) is 0 Å². The molecular weight excluding hydrogens is 259 g/mol. The molecule has 0 amide bonds. The van der Waals surface area contributed by atoms with Crippen molar-refractivity contribution >= 4 is 48.9 Å². The fourth-order valence-electron chi connectivity index (χ4n) is 1.45. The van der Waals surface area contributed by atoms with Crippen molar-refractivity contribution in [1.29, 1.82) is 0 Å². The van der Waals surface area contributed by atoms with Crippen LogP contribution in [0, 0.1) is 0 Å². The first-order chi connectivity index (χ1) is 4.97. The summed E-state index contributed by atoms with van der Waals surface area (Å²) in [6, 6.07) is 0.593. The second kappa shape index (κ2) is 4.58. The van der Waals surface area contributed by atoms with Gasteiger partial charge in [-0.1, -0.05) is 18.2 Å². The van der Waals surface area contributed by atoms with E-state index in [1.165, 1.54) is 5.57 Å². The minimum absolute atomic E-state index is 0. The SMILES string of the molecule is C1=CNC2CC=CCC2=C1.[BaH2]. The molecule has 1 N–H and O–H groups in total. The van der Waals surface area contributed by atoms with Crippen molar-refractivity contribution in [2.75, 3.05) is 0 Å². The molecule has 56 valence electrons. The van der Waals surface area contributed by atoms with Crippen LogP contribution >= 0.6 is 0 Å². The fraction of sp³-hybridized carbons (Fsp3) is 0.333. The Balaban J connectivity index is 0.000000605. The van der Waals surface area contributed by atoms with Crippen molar-refractivity contribution < 1.29 is 0 Å². The van der Waals surface area contributed by atoms with Gasteiger partial charge in [-0.2, -0.15) is 0 Å². The van der Waals surface area contributed by atoms with Gasteiger partial charge < -0.3 is 5.32 Å². The summed E-state index contributed by atoms with van der Waals surface area (Å²) in [4.78, 5) is 0. The van der Waals surface area contributed by atoms with E-state index >= 15 is 0 Å². The molecular formula is C9H13BaN. The van der Waals surface area contributed by atoms with Crippen LogP contribution in [-0.2, 0) is 0 Å². The Morgan fingerprint density at radius 2 is 2.27 bits per heavy atom. The zero-order valence-electron chi connectivity index (χ0n) is 5.88. The maximum atomic E-state index is 3.32. The van der Waals surface area contributed by atoms with Gasteiger partial charge in [-0.15, -0.1) is 0 Å². The summed E-state index contributed by atoms with van der Waals surface area (Å²) >= 11 is 0. The summed E-state index contributed by atoms with van der Waals surface area (Å²) in [5.41, 5.74) is 1.52. The van der Waals surface area contributed by atoms with E-state index in [4.69, 9.17) is 0 Å². The van der Waals surface area contributed by atoms with E-state index in [0.717, 1.165) is 12.8 Å². The van der Waals surface area contributed by atoms with E-state index < -0.39 is 0 Å². The molecule has 1 aliphatic heterocycles. The molecule has 2 heteroatoms. The first-order valence-electron chi connectivity index (χ1n) is 3.73. The van der Waals surface area contributed by atoms with Crippen LogP contribution < -0.4 is 5.32 Å². The van der Waals surface area contributed by atoms with Crippen molar-refractivity contribution in [3.8, 4) is 0 Å². The topological polar surface area (TPSA) is 12.0 Å². The number of hydrogen-bond acceptors (Lipinski definition) is 1. The number of dihydropyridines is 1. The molecule has 1 heterocycles. The van der Waals surface area contributed by atoms with Crippen molar-refractivity contribution in [2.24, 2.45) is 0 Å². The number of nitrogens with one attached hydrogen (secondary N) is 1. The standard InChI is InChI=1S/C9H11N.Ba.2H/c1-2-6-9-8(4-1)5-3-7-10-9;;;/h1-3,5,7,9-10H,4,6H2;;;. The average Bonchev–Trinajstić information content (AvgIpc) is 2.05. The van der Waals surface area contributed by atoms with Crippen LogP contribution in [0.15, 0.2) is 36.1 Å². The van der Waals surface area contributed by atoms with Gasteiger partial charge in [0.15, 0.2) is 0 Å². The summed E-state index contributed by atoms with van der Waals surface area (Å²) in [5.74, 6) is 0. The summed E-state index contributed by atoms with van der Waals surface area (Å²) in [7, 11) is 0. The third kappa shape index (κ3) is 2.26. The normalized spacial score (nSPS) is 26.2. The van der Waals surface area contributed by atoms with E-state index in [0.29, 0.717) is 6.04 Å². The van der Waals surface area contributed by atoms with E-state index in [1.54, 1.807) is 0 Å². The van der Waals surface area contributed by atoms with Gasteiger partial charge in [0, 0.05) is 0 Å². The number of rotatable bonds is 0. The van der Waals surface area contributed by atoms with Gasteiger partial charge in [-0.25, -0.2) is 0 Å². The summed E-state index contributed by atoms with van der Waals surface area (Å²) < 4.78 is 0. The molecule has 1 aliphatic carbocycles. The monoisotopic (exact) mass is 273 g/mol. The average molecular weight is 273 g/mol. The molecule has 1 unspecified atom stereocenters. The molecule has 11 heavy (non-hydrogen) atoms. The van der Waals surface area contributed by atoms with Crippen molar-refractivity contribution in [3.63, 3.8) is 0 Å². The predicted octanol–water partition coefficient (Wildman–Crippen LogP) is 0.832. The predicted molar refractivity (Wildman–Crippen MR) is 51.1 cm³/mol. The Hall–Kier alpha value is 0.591. The quantitative estimate of drug-likeness (QED) is 0.509. The molecule has 0 bridgehead atoms. The van der Waals surface area contributed by atoms with Crippen molar-refractivity contribution in [1.82, 2.24) is 5.32 Å². The van der Waals surface area contributed by atoms with Crippen LogP contribution in [0.5, 0.6) is 0 Å². The molecule has 0 fully saturated rings. The second-order valence-corrected chi connectivity index (χ2v) is 2.73. The third-order valence-corrected chi connectivity index (χ3v) is 2.04. The molecule has 2 rings (SSSR count). The van der Waals surface area contributed by atoms with Crippen LogP contribution in [0.3, 0.4) is 0 Å². The number of allylic oxidation sites excluding steroid dienone is 3.